The van der Waals surface area contributed by atoms with E-state index < -0.39 is 10.5 Å². The molecule has 0 fully saturated rings. The summed E-state index contributed by atoms with van der Waals surface area (Å²) in [6.45, 7) is 1.93. The van der Waals surface area contributed by atoms with Crippen molar-refractivity contribution in [2.45, 2.75) is 6.92 Å². The van der Waals surface area contributed by atoms with Gasteiger partial charge in [-0.25, -0.2) is 0 Å². The Hall–Kier alpha value is -0.900. The van der Waals surface area contributed by atoms with Crippen LogP contribution < -0.4 is 0 Å². The highest BCUT2D eigenvalue weighted by Crippen LogP contribution is 2.08. The molecule has 0 aliphatic heterocycles. The first-order chi connectivity index (χ1) is 7.02. The van der Waals surface area contributed by atoms with Gasteiger partial charge in [0.1, 0.15) is 0 Å². The van der Waals surface area contributed by atoms with Gasteiger partial charge in [0, 0.05) is 17.7 Å². The summed E-state index contributed by atoms with van der Waals surface area (Å²) < 4.78 is 0. The van der Waals surface area contributed by atoms with E-state index in [1.54, 1.807) is 6.92 Å². The minimum Gasteiger partial charge on any atom is -0.397 e. The van der Waals surface area contributed by atoms with Crippen LogP contribution in [0.3, 0.4) is 0 Å². The molecule has 3 nitrogen and oxygen atoms in total. The Morgan fingerprint density at radius 3 is 1.40 bits per heavy atom. The largest absolute Gasteiger partial charge is 0.397 e. The number of hydrogen-bond acceptors (Lipinski definition) is 3. The maximum Gasteiger partial charge on any atom is 0.252 e. The first kappa shape index (κ1) is 14.1. The molecule has 0 unspecified atom stereocenters. The lowest BCUT2D eigenvalue weighted by Crippen LogP contribution is -1.92. The molecule has 1 aromatic rings. The van der Waals surface area contributed by atoms with E-state index in [1.807, 2.05) is 0 Å². The van der Waals surface area contributed by atoms with Crippen molar-refractivity contribution in [3.8, 4) is 0 Å². The molecular weight excluding hydrogens is 239 g/mol. The van der Waals surface area contributed by atoms with Crippen LogP contribution in [0.4, 0.5) is 0 Å². The molecule has 0 saturated carbocycles. The van der Waals surface area contributed by atoms with Gasteiger partial charge in [-0.05, 0) is 54.4 Å². The summed E-state index contributed by atoms with van der Waals surface area (Å²) in [7, 11) is 0. The molecule has 0 saturated heterocycles. The van der Waals surface area contributed by atoms with E-state index in [0.717, 1.165) is 0 Å². The Bertz CT molecular complexity index is 300. The normalized spacial score (nSPS) is 8.80. The lowest BCUT2D eigenvalue weighted by Gasteiger charge is -1.94. The van der Waals surface area contributed by atoms with Crippen molar-refractivity contribution >= 4 is 33.7 Å². The third-order valence-electron chi connectivity index (χ3n) is 1.34. The number of benzene rings is 1. The zero-order chi connectivity index (χ0) is 11.8. The van der Waals surface area contributed by atoms with Crippen LogP contribution in [-0.4, -0.2) is 22.2 Å². The summed E-state index contributed by atoms with van der Waals surface area (Å²) in [5.74, 6) is 0. The smallest absolute Gasteiger partial charge is 0.252 e. The van der Waals surface area contributed by atoms with Gasteiger partial charge in [-0.1, -0.05) is 0 Å². The average molecular weight is 249 g/mol. The number of carbonyl (C=O) groups excluding carboxylic acids is 2. The van der Waals surface area contributed by atoms with E-state index in [0.29, 0.717) is 11.1 Å². The predicted octanol–water partition coefficient (Wildman–Crippen LogP) is 2.44. The highest BCUT2D eigenvalue weighted by molar-refractivity contribution is 6.68. The SMILES string of the molecule is CCO.O=C(Cl)c1ccc(C(=O)Cl)cc1. The number of aliphatic hydroxyl groups is 1. The zero-order valence-electron chi connectivity index (χ0n) is 8.04. The lowest BCUT2D eigenvalue weighted by atomic mass is 10.2. The Morgan fingerprint density at radius 2 is 1.27 bits per heavy atom. The molecule has 0 aliphatic rings. The monoisotopic (exact) mass is 248 g/mol. The van der Waals surface area contributed by atoms with Crippen molar-refractivity contribution in [3.05, 3.63) is 35.4 Å². The Balaban J connectivity index is 0.000000583. The summed E-state index contributed by atoms with van der Waals surface area (Å²) in [5.41, 5.74) is 0.691. The number of aliphatic hydroxyl groups excluding tert-OH is 1. The fourth-order valence-corrected chi connectivity index (χ4v) is 0.984. The molecule has 0 aliphatic carbocycles. The third-order valence-corrected chi connectivity index (χ3v) is 1.78. The van der Waals surface area contributed by atoms with Gasteiger partial charge in [-0.2, -0.15) is 0 Å². The zero-order valence-corrected chi connectivity index (χ0v) is 9.55. The molecule has 0 spiro atoms. The van der Waals surface area contributed by atoms with Crippen LogP contribution in [0.25, 0.3) is 0 Å². The van der Waals surface area contributed by atoms with Crippen molar-refractivity contribution in [2.75, 3.05) is 6.61 Å². The number of carbonyl (C=O) groups is 2. The van der Waals surface area contributed by atoms with Crippen LogP contribution in [0.5, 0.6) is 0 Å². The summed E-state index contributed by atoms with van der Waals surface area (Å²) in [4.78, 5) is 21.1. The minimum absolute atomic E-state index is 0.250. The average Bonchev–Trinajstić information content (AvgIpc) is 2.19. The van der Waals surface area contributed by atoms with E-state index in [2.05, 4.69) is 0 Å². The second-order valence-corrected chi connectivity index (χ2v) is 3.13. The molecule has 0 amide bonds. The van der Waals surface area contributed by atoms with Crippen LogP contribution in [0.15, 0.2) is 24.3 Å². The van der Waals surface area contributed by atoms with Gasteiger partial charge in [0.2, 0.25) is 0 Å². The van der Waals surface area contributed by atoms with Crippen molar-refractivity contribution in [1.29, 1.82) is 0 Å². The van der Waals surface area contributed by atoms with Crippen LogP contribution in [0.2, 0.25) is 0 Å². The molecule has 5 heteroatoms. The molecule has 1 N–H and O–H groups in total. The Kier molecular flexibility index (Phi) is 6.96. The number of hydrogen-bond donors (Lipinski definition) is 1. The van der Waals surface area contributed by atoms with Gasteiger partial charge in [-0.3, -0.25) is 9.59 Å². The second kappa shape index (κ2) is 7.40. The van der Waals surface area contributed by atoms with Crippen LogP contribution in [-0.2, 0) is 0 Å². The molecule has 0 bridgehead atoms. The summed E-state index contributed by atoms with van der Waals surface area (Å²) in [6.07, 6.45) is 0. The van der Waals surface area contributed by atoms with E-state index in [-0.39, 0.29) is 6.61 Å². The topological polar surface area (TPSA) is 54.4 Å². The van der Waals surface area contributed by atoms with Crippen molar-refractivity contribution in [2.24, 2.45) is 0 Å². The van der Waals surface area contributed by atoms with Gasteiger partial charge in [0.25, 0.3) is 10.5 Å². The quantitative estimate of drug-likeness (QED) is 0.819. The first-order valence-corrected chi connectivity index (χ1v) is 4.89. The Morgan fingerprint density at radius 1 is 1.07 bits per heavy atom. The highest BCUT2D eigenvalue weighted by Gasteiger charge is 2.03. The Labute approximate surface area is 97.6 Å². The first-order valence-electron chi connectivity index (χ1n) is 4.13. The standard InChI is InChI=1S/C8H4Cl2O2.C2H6O/c9-7(11)5-1-2-6(4-3-5)8(10)12;1-2-3/h1-4H;3H,2H2,1H3. The number of halogens is 2. The summed E-state index contributed by atoms with van der Waals surface area (Å²) >= 11 is 10.4. The van der Waals surface area contributed by atoms with E-state index in [9.17, 15) is 9.59 Å². The lowest BCUT2D eigenvalue weighted by molar-refractivity contribution is 0.107. The van der Waals surface area contributed by atoms with Crippen LogP contribution in [0.1, 0.15) is 27.6 Å². The molecule has 1 aromatic carbocycles. The van der Waals surface area contributed by atoms with Crippen molar-refractivity contribution in [3.63, 3.8) is 0 Å². The van der Waals surface area contributed by atoms with E-state index in [1.165, 1.54) is 24.3 Å². The predicted molar refractivity (Wildman–Crippen MR) is 59.6 cm³/mol. The van der Waals surface area contributed by atoms with Gasteiger partial charge >= 0.3 is 0 Å². The summed E-state index contributed by atoms with van der Waals surface area (Å²) in [6, 6.07) is 5.80. The highest BCUT2D eigenvalue weighted by atomic mass is 35.5. The molecule has 15 heavy (non-hydrogen) atoms. The molecule has 0 atom stereocenters. The molecule has 82 valence electrons. The van der Waals surface area contributed by atoms with Crippen LogP contribution in [0, 0.1) is 0 Å². The van der Waals surface area contributed by atoms with Crippen molar-refractivity contribution in [1.82, 2.24) is 0 Å². The fraction of sp³-hybridized carbons (Fsp3) is 0.200. The molecular formula is C10H10Cl2O3. The molecule has 0 radical (unpaired) electrons. The maximum atomic E-state index is 10.6. The molecule has 0 heterocycles. The van der Waals surface area contributed by atoms with Crippen molar-refractivity contribution < 1.29 is 14.7 Å². The molecule has 0 aromatic heterocycles. The summed E-state index contributed by atoms with van der Waals surface area (Å²) in [5, 5.41) is 6.46. The van der Waals surface area contributed by atoms with Gasteiger partial charge in [0.05, 0.1) is 0 Å². The number of rotatable bonds is 2. The minimum atomic E-state index is -0.552. The third kappa shape index (κ3) is 5.52. The van der Waals surface area contributed by atoms with Gasteiger partial charge in [0.15, 0.2) is 0 Å². The van der Waals surface area contributed by atoms with E-state index >= 15 is 0 Å². The molecule has 1 rings (SSSR count). The fourth-order valence-electron chi connectivity index (χ4n) is 0.732. The van der Waals surface area contributed by atoms with E-state index in [4.69, 9.17) is 28.3 Å². The maximum absolute atomic E-state index is 10.6. The second-order valence-electron chi connectivity index (χ2n) is 2.44. The van der Waals surface area contributed by atoms with Crippen LogP contribution >= 0.6 is 23.2 Å². The van der Waals surface area contributed by atoms with Gasteiger partial charge < -0.3 is 5.11 Å². The van der Waals surface area contributed by atoms with Gasteiger partial charge in [-0.15, -0.1) is 0 Å².